The fourth-order valence-electron chi connectivity index (χ4n) is 0.274. The van der Waals surface area contributed by atoms with Gasteiger partial charge < -0.3 is 0 Å². The summed E-state index contributed by atoms with van der Waals surface area (Å²) in [7, 11) is 0. The van der Waals surface area contributed by atoms with Gasteiger partial charge in [0.2, 0.25) is 0 Å². The third kappa shape index (κ3) is 1.68. The van der Waals surface area contributed by atoms with E-state index in [1.807, 2.05) is 20.8 Å². The highest BCUT2D eigenvalue weighted by Crippen LogP contribution is 2.37. The molecule has 0 spiro atoms. The van der Waals surface area contributed by atoms with Crippen molar-refractivity contribution in [2.75, 3.05) is 0 Å². The summed E-state index contributed by atoms with van der Waals surface area (Å²) in [5.41, 5.74) is -0.365. The summed E-state index contributed by atoms with van der Waals surface area (Å²) in [6.45, 7) is 7.03. The SMILES string of the molecule is CC(C)(C)C(C)(Br)[N+](=O)[O-]. The van der Waals surface area contributed by atoms with Crippen LogP contribution in [0.3, 0.4) is 0 Å². The van der Waals surface area contributed by atoms with Gasteiger partial charge in [-0.25, -0.2) is 0 Å². The highest BCUT2D eigenvalue weighted by molar-refractivity contribution is 9.10. The summed E-state index contributed by atoms with van der Waals surface area (Å²) in [5, 5.41) is 10.4. The molecule has 4 heteroatoms. The first kappa shape index (κ1) is 9.88. The second kappa shape index (κ2) is 2.49. The third-order valence-electron chi connectivity index (χ3n) is 1.71. The number of nitro groups is 1. The van der Waals surface area contributed by atoms with Crippen molar-refractivity contribution in [3.8, 4) is 0 Å². The zero-order chi connectivity index (χ0) is 8.58. The molecule has 0 heterocycles. The van der Waals surface area contributed by atoms with Gasteiger partial charge in [0.1, 0.15) is 0 Å². The molecule has 0 N–H and O–H groups in total. The molecule has 0 aromatic carbocycles. The minimum Gasteiger partial charge on any atom is -0.263 e. The molecular weight excluding hydrogens is 198 g/mol. The predicted octanol–water partition coefficient (Wildman–Crippen LogP) is 2.42. The van der Waals surface area contributed by atoms with Crippen LogP contribution in [0.25, 0.3) is 0 Å². The Labute approximate surface area is 69.1 Å². The second-order valence-electron chi connectivity index (χ2n) is 3.46. The molecule has 0 fully saturated rings. The predicted molar refractivity (Wildman–Crippen MR) is 43.8 cm³/mol. The minimum absolute atomic E-state index is 0.312. The Morgan fingerprint density at radius 3 is 1.60 bits per heavy atom. The van der Waals surface area contributed by atoms with Crippen LogP contribution in [0.4, 0.5) is 0 Å². The number of hydrogen-bond donors (Lipinski definition) is 0. The van der Waals surface area contributed by atoms with Crippen LogP contribution in [0.15, 0.2) is 0 Å². The largest absolute Gasteiger partial charge is 0.276 e. The molecule has 0 bridgehead atoms. The molecule has 10 heavy (non-hydrogen) atoms. The fraction of sp³-hybridized carbons (Fsp3) is 1.00. The van der Waals surface area contributed by atoms with Gasteiger partial charge in [-0.1, -0.05) is 20.8 Å². The van der Waals surface area contributed by atoms with Crippen LogP contribution in [0.5, 0.6) is 0 Å². The van der Waals surface area contributed by atoms with Crippen molar-refractivity contribution in [3.05, 3.63) is 10.1 Å². The number of halogens is 1. The van der Waals surface area contributed by atoms with E-state index in [0.29, 0.717) is 0 Å². The quantitative estimate of drug-likeness (QED) is 0.288. The molecule has 0 amide bonds. The standard InChI is InChI=1S/C6H12BrNO2/c1-5(2,3)6(4,7)8(9)10/h1-4H3. The van der Waals surface area contributed by atoms with Gasteiger partial charge in [-0.05, 0) is 0 Å². The normalized spacial score (nSPS) is 18.1. The van der Waals surface area contributed by atoms with Crippen LogP contribution in [0.2, 0.25) is 0 Å². The van der Waals surface area contributed by atoms with Crippen LogP contribution in [-0.4, -0.2) is 9.37 Å². The molecule has 0 aliphatic carbocycles. The molecular formula is C6H12BrNO2. The first-order valence-corrected chi connectivity index (χ1v) is 3.82. The van der Waals surface area contributed by atoms with Crippen molar-refractivity contribution in [2.24, 2.45) is 5.41 Å². The van der Waals surface area contributed by atoms with E-state index in [4.69, 9.17) is 0 Å². The van der Waals surface area contributed by atoms with E-state index >= 15 is 0 Å². The number of alkyl halides is 1. The maximum Gasteiger partial charge on any atom is 0.276 e. The maximum absolute atomic E-state index is 10.4. The molecule has 0 rings (SSSR count). The van der Waals surface area contributed by atoms with Gasteiger partial charge in [-0.2, -0.15) is 0 Å². The molecule has 0 aliphatic rings. The molecule has 0 aromatic heterocycles. The van der Waals surface area contributed by atoms with Crippen LogP contribution < -0.4 is 0 Å². The van der Waals surface area contributed by atoms with Gasteiger partial charge in [-0.15, -0.1) is 0 Å². The third-order valence-corrected chi connectivity index (χ3v) is 3.19. The van der Waals surface area contributed by atoms with Crippen molar-refractivity contribution in [1.82, 2.24) is 0 Å². The van der Waals surface area contributed by atoms with E-state index < -0.39 is 4.45 Å². The molecule has 60 valence electrons. The highest BCUT2D eigenvalue weighted by Gasteiger charge is 2.46. The summed E-state index contributed by atoms with van der Waals surface area (Å²) in [4.78, 5) is 10.1. The number of rotatable bonds is 1. The highest BCUT2D eigenvalue weighted by atomic mass is 79.9. The van der Waals surface area contributed by atoms with E-state index in [2.05, 4.69) is 15.9 Å². The van der Waals surface area contributed by atoms with Crippen molar-refractivity contribution in [1.29, 1.82) is 0 Å². The molecule has 0 saturated heterocycles. The summed E-state index contributed by atoms with van der Waals surface area (Å²) < 4.78 is -1.03. The van der Waals surface area contributed by atoms with Crippen LogP contribution in [0.1, 0.15) is 27.7 Å². The molecule has 0 aliphatic heterocycles. The van der Waals surface area contributed by atoms with Crippen molar-refractivity contribution in [3.63, 3.8) is 0 Å². The van der Waals surface area contributed by atoms with Crippen LogP contribution in [-0.2, 0) is 0 Å². The Morgan fingerprint density at radius 2 is 1.60 bits per heavy atom. The smallest absolute Gasteiger partial charge is 0.263 e. The van der Waals surface area contributed by atoms with E-state index in [-0.39, 0.29) is 10.3 Å². The lowest BCUT2D eigenvalue weighted by atomic mass is 9.88. The van der Waals surface area contributed by atoms with Gasteiger partial charge in [0.25, 0.3) is 4.45 Å². The minimum atomic E-state index is -1.03. The molecule has 0 saturated carbocycles. The van der Waals surface area contributed by atoms with Crippen LogP contribution in [0, 0.1) is 15.5 Å². The zero-order valence-corrected chi connectivity index (χ0v) is 8.23. The molecule has 1 atom stereocenters. The van der Waals surface area contributed by atoms with E-state index in [9.17, 15) is 10.1 Å². The van der Waals surface area contributed by atoms with E-state index in [1.165, 1.54) is 0 Å². The van der Waals surface area contributed by atoms with Gasteiger partial charge in [0.05, 0.1) is 0 Å². The summed E-state index contributed by atoms with van der Waals surface area (Å²) in [5.74, 6) is 0. The van der Waals surface area contributed by atoms with Gasteiger partial charge >= 0.3 is 0 Å². The zero-order valence-electron chi connectivity index (χ0n) is 6.64. The average Bonchev–Trinajstić information content (AvgIpc) is 1.62. The Morgan fingerprint density at radius 1 is 1.30 bits per heavy atom. The monoisotopic (exact) mass is 209 g/mol. The Bertz CT molecular complexity index is 148. The average molecular weight is 210 g/mol. The van der Waals surface area contributed by atoms with Crippen molar-refractivity contribution < 1.29 is 4.92 Å². The molecule has 1 unspecified atom stereocenters. The molecule has 0 radical (unpaired) electrons. The van der Waals surface area contributed by atoms with E-state index in [0.717, 1.165) is 0 Å². The summed E-state index contributed by atoms with van der Waals surface area (Å²) >= 11 is 3.07. The summed E-state index contributed by atoms with van der Waals surface area (Å²) in [6.07, 6.45) is 0. The molecule has 3 nitrogen and oxygen atoms in total. The lowest BCUT2D eigenvalue weighted by Crippen LogP contribution is -2.40. The summed E-state index contributed by atoms with van der Waals surface area (Å²) in [6, 6.07) is 0. The van der Waals surface area contributed by atoms with Gasteiger partial charge in [0, 0.05) is 33.2 Å². The Balaban J connectivity index is 4.57. The van der Waals surface area contributed by atoms with Gasteiger partial charge in [0.15, 0.2) is 0 Å². The van der Waals surface area contributed by atoms with E-state index in [1.54, 1.807) is 6.92 Å². The first-order valence-electron chi connectivity index (χ1n) is 3.03. The van der Waals surface area contributed by atoms with Crippen molar-refractivity contribution >= 4 is 15.9 Å². The topological polar surface area (TPSA) is 43.1 Å². The van der Waals surface area contributed by atoms with Crippen LogP contribution >= 0.6 is 15.9 Å². The Kier molecular flexibility index (Phi) is 2.46. The second-order valence-corrected chi connectivity index (χ2v) is 5.00. The van der Waals surface area contributed by atoms with Gasteiger partial charge in [-0.3, -0.25) is 10.1 Å². The lowest BCUT2D eigenvalue weighted by Gasteiger charge is -2.27. The number of hydrogen-bond acceptors (Lipinski definition) is 2. The van der Waals surface area contributed by atoms with Crippen molar-refractivity contribution in [2.45, 2.75) is 32.1 Å². The maximum atomic E-state index is 10.4. The lowest BCUT2D eigenvalue weighted by molar-refractivity contribution is -0.548. The fourth-order valence-corrected chi connectivity index (χ4v) is 0.274. The molecule has 0 aromatic rings. The number of nitrogens with zero attached hydrogens (tertiary/aromatic N) is 1. The Hall–Kier alpha value is -0.120. The first-order chi connectivity index (χ1) is 4.19.